The minimum atomic E-state index is -4.43. The fourth-order valence-corrected chi connectivity index (χ4v) is 1.99. The molecule has 0 unspecified atom stereocenters. The second kappa shape index (κ2) is 4.48. The second-order valence-electron chi connectivity index (χ2n) is 4.01. The van der Waals surface area contributed by atoms with Gasteiger partial charge in [-0.05, 0) is 19.9 Å². The molecule has 1 N–H and O–H groups in total. The zero-order chi connectivity index (χ0) is 13.3. The van der Waals surface area contributed by atoms with Crippen molar-refractivity contribution in [2.45, 2.75) is 20.0 Å². The average molecular weight is 254 g/mol. The van der Waals surface area contributed by atoms with Crippen LogP contribution in [0.25, 0.3) is 10.9 Å². The molecule has 1 heterocycles. The standard InChI is InChI=1S/C13H13F3N2/c1-3-17-11-8(2)12(13(14,15)16)18-10-7-5-4-6-9(10)11/h4-7H,3H2,1-2H3,(H,17,18). The lowest BCUT2D eigenvalue weighted by Crippen LogP contribution is -2.13. The number of para-hydroxylation sites is 1. The Bertz CT molecular complexity index is 576. The molecule has 1 aromatic carbocycles. The molecule has 5 heteroatoms. The van der Waals surface area contributed by atoms with Crippen LogP contribution in [0.5, 0.6) is 0 Å². The number of fused-ring (bicyclic) bond motifs is 1. The van der Waals surface area contributed by atoms with Gasteiger partial charge >= 0.3 is 6.18 Å². The summed E-state index contributed by atoms with van der Waals surface area (Å²) >= 11 is 0. The van der Waals surface area contributed by atoms with Gasteiger partial charge in [-0.3, -0.25) is 0 Å². The third kappa shape index (κ3) is 2.12. The third-order valence-corrected chi connectivity index (χ3v) is 2.76. The summed E-state index contributed by atoms with van der Waals surface area (Å²) in [5, 5.41) is 3.70. The zero-order valence-electron chi connectivity index (χ0n) is 10.1. The summed E-state index contributed by atoms with van der Waals surface area (Å²) in [6, 6.07) is 6.83. The van der Waals surface area contributed by atoms with Crippen molar-refractivity contribution in [2.24, 2.45) is 0 Å². The largest absolute Gasteiger partial charge is 0.433 e. The maximum atomic E-state index is 12.9. The normalized spacial score (nSPS) is 11.8. The zero-order valence-corrected chi connectivity index (χ0v) is 10.1. The number of hydrogen-bond acceptors (Lipinski definition) is 2. The molecule has 0 bridgehead atoms. The van der Waals surface area contributed by atoms with Crippen molar-refractivity contribution in [1.82, 2.24) is 4.98 Å². The van der Waals surface area contributed by atoms with Gasteiger partial charge in [0, 0.05) is 23.2 Å². The van der Waals surface area contributed by atoms with E-state index in [-0.39, 0.29) is 5.56 Å². The van der Waals surface area contributed by atoms with Crippen molar-refractivity contribution >= 4 is 16.6 Å². The minimum Gasteiger partial charge on any atom is -0.385 e. The molecule has 2 nitrogen and oxygen atoms in total. The topological polar surface area (TPSA) is 24.9 Å². The van der Waals surface area contributed by atoms with E-state index in [1.165, 1.54) is 6.92 Å². The van der Waals surface area contributed by atoms with Crippen LogP contribution in [0, 0.1) is 6.92 Å². The van der Waals surface area contributed by atoms with Crippen LogP contribution in [0.1, 0.15) is 18.2 Å². The van der Waals surface area contributed by atoms with Crippen molar-refractivity contribution in [1.29, 1.82) is 0 Å². The molecule has 0 saturated heterocycles. The van der Waals surface area contributed by atoms with Crippen LogP contribution in [0.4, 0.5) is 18.9 Å². The predicted molar refractivity (Wildman–Crippen MR) is 65.6 cm³/mol. The molecule has 0 amide bonds. The van der Waals surface area contributed by atoms with Crippen LogP contribution in [0.2, 0.25) is 0 Å². The van der Waals surface area contributed by atoms with E-state index in [0.29, 0.717) is 23.1 Å². The Morgan fingerprint density at radius 2 is 1.89 bits per heavy atom. The molecule has 0 radical (unpaired) electrons. The molecule has 0 fully saturated rings. The number of anilines is 1. The molecule has 0 atom stereocenters. The monoisotopic (exact) mass is 254 g/mol. The van der Waals surface area contributed by atoms with E-state index in [0.717, 1.165) is 0 Å². The second-order valence-corrected chi connectivity index (χ2v) is 4.01. The highest BCUT2D eigenvalue weighted by atomic mass is 19.4. The van der Waals surface area contributed by atoms with E-state index in [1.54, 1.807) is 24.3 Å². The Morgan fingerprint density at radius 1 is 1.22 bits per heavy atom. The molecule has 96 valence electrons. The number of rotatable bonds is 2. The first-order chi connectivity index (χ1) is 8.45. The lowest BCUT2D eigenvalue weighted by atomic mass is 10.1. The summed E-state index contributed by atoms with van der Waals surface area (Å²) in [6.07, 6.45) is -4.43. The number of nitrogens with one attached hydrogen (secondary N) is 1. The van der Waals surface area contributed by atoms with Gasteiger partial charge < -0.3 is 5.32 Å². The van der Waals surface area contributed by atoms with Gasteiger partial charge in [0.25, 0.3) is 0 Å². The highest BCUT2D eigenvalue weighted by molar-refractivity contribution is 5.93. The van der Waals surface area contributed by atoms with Crippen LogP contribution in [0.15, 0.2) is 24.3 Å². The molecule has 0 saturated carbocycles. The number of benzene rings is 1. The summed E-state index contributed by atoms with van der Waals surface area (Å²) in [7, 11) is 0. The van der Waals surface area contributed by atoms with Crippen LogP contribution >= 0.6 is 0 Å². The van der Waals surface area contributed by atoms with Gasteiger partial charge in [0.15, 0.2) is 0 Å². The van der Waals surface area contributed by atoms with Crippen LogP contribution in [-0.2, 0) is 6.18 Å². The molecule has 0 aliphatic rings. The van der Waals surface area contributed by atoms with E-state index in [2.05, 4.69) is 10.3 Å². The quantitative estimate of drug-likeness (QED) is 0.876. The van der Waals surface area contributed by atoms with Crippen LogP contribution in [-0.4, -0.2) is 11.5 Å². The van der Waals surface area contributed by atoms with Gasteiger partial charge in [-0.25, -0.2) is 4.98 Å². The molecular formula is C13H13F3N2. The fourth-order valence-electron chi connectivity index (χ4n) is 1.99. The van der Waals surface area contributed by atoms with Gasteiger partial charge in [0.2, 0.25) is 0 Å². The third-order valence-electron chi connectivity index (χ3n) is 2.76. The molecule has 18 heavy (non-hydrogen) atoms. The van der Waals surface area contributed by atoms with E-state index in [1.807, 2.05) is 6.92 Å². The lowest BCUT2D eigenvalue weighted by Gasteiger charge is -2.16. The average Bonchev–Trinajstić information content (AvgIpc) is 2.31. The molecule has 2 rings (SSSR count). The van der Waals surface area contributed by atoms with E-state index in [4.69, 9.17) is 0 Å². The Hall–Kier alpha value is -1.78. The number of alkyl halides is 3. The Balaban J connectivity index is 2.79. The van der Waals surface area contributed by atoms with Crippen molar-refractivity contribution in [3.05, 3.63) is 35.5 Å². The molecule has 2 aromatic rings. The number of pyridine rings is 1. The van der Waals surface area contributed by atoms with Crippen molar-refractivity contribution in [2.75, 3.05) is 11.9 Å². The molecule has 0 spiro atoms. The van der Waals surface area contributed by atoms with E-state index in [9.17, 15) is 13.2 Å². The Labute approximate surface area is 103 Å². The predicted octanol–water partition coefficient (Wildman–Crippen LogP) is 3.99. The number of nitrogens with zero attached hydrogens (tertiary/aromatic N) is 1. The number of halogens is 3. The SMILES string of the molecule is CCNc1c(C)c(C(F)(F)F)nc2ccccc12. The van der Waals surface area contributed by atoms with E-state index < -0.39 is 11.9 Å². The molecule has 0 aliphatic heterocycles. The Kier molecular flexibility index (Phi) is 3.15. The summed E-state index contributed by atoms with van der Waals surface area (Å²) < 4.78 is 38.7. The van der Waals surface area contributed by atoms with Crippen molar-refractivity contribution in [3.8, 4) is 0 Å². The summed E-state index contributed by atoms with van der Waals surface area (Å²) in [5.41, 5.74) is 0.182. The fraction of sp³-hybridized carbons (Fsp3) is 0.308. The first-order valence-corrected chi connectivity index (χ1v) is 5.65. The highest BCUT2D eigenvalue weighted by Crippen LogP contribution is 2.36. The van der Waals surface area contributed by atoms with Gasteiger partial charge in [-0.1, -0.05) is 18.2 Å². The lowest BCUT2D eigenvalue weighted by molar-refractivity contribution is -0.141. The maximum Gasteiger partial charge on any atom is 0.433 e. The van der Waals surface area contributed by atoms with Crippen molar-refractivity contribution in [3.63, 3.8) is 0 Å². The van der Waals surface area contributed by atoms with Crippen molar-refractivity contribution < 1.29 is 13.2 Å². The summed E-state index contributed by atoms with van der Waals surface area (Å²) in [4.78, 5) is 3.72. The first-order valence-electron chi connectivity index (χ1n) is 5.65. The molecule has 0 aliphatic carbocycles. The number of hydrogen-bond donors (Lipinski definition) is 1. The first kappa shape index (κ1) is 12.7. The Morgan fingerprint density at radius 3 is 2.50 bits per heavy atom. The van der Waals surface area contributed by atoms with Crippen LogP contribution in [0.3, 0.4) is 0 Å². The molecule has 1 aromatic heterocycles. The highest BCUT2D eigenvalue weighted by Gasteiger charge is 2.35. The smallest absolute Gasteiger partial charge is 0.385 e. The summed E-state index contributed by atoms with van der Waals surface area (Å²) in [6.45, 7) is 3.86. The van der Waals surface area contributed by atoms with Gasteiger partial charge in [0.1, 0.15) is 5.69 Å². The van der Waals surface area contributed by atoms with Gasteiger partial charge in [-0.2, -0.15) is 13.2 Å². The summed E-state index contributed by atoms with van der Waals surface area (Å²) in [5.74, 6) is 0. The van der Waals surface area contributed by atoms with Gasteiger partial charge in [0.05, 0.1) is 5.52 Å². The number of aromatic nitrogens is 1. The van der Waals surface area contributed by atoms with E-state index >= 15 is 0 Å². The maximum absolute atomic E-state index is 12.9. The van der Waals surface area contributed by atoms with Gasteiger partial charge in [-0.15, -0.1) is 0 Å². The minimum absolute atomic E-state index is 0.142. The molecular weight excluding hydrogens is 241 g/mol. The van der Waals surface area contributed by atoms with Crippen LogP contribution < -0.4 is 5.32 Å².